The smallest absolute Gasteiger partial charge is 0.291 e. The fraction of sp³-hybridized carbons (Fsp3) is 0.533. The maximum atomic E-state index is 6.28. The number of amidine groups is 1. The minimum absolute atomic E-state index is 0.151. The van der Waals surface area contributed by atoms with Crippen molar-refractivity contribution in [1.29, 1.82) is 0 Å². The van der Waals surface area contributed by atoms with Gasteiger partial charge < -0.3 is 4.74 Å². The van der Waals surface area contributed by atoms with Gasteiger partial charge in [0.25, 0.3) is 6.02 Å². The Morgan fingerprint density at radius 1 is 1.30 bits per heavy atom. The Labute approximate surface area is 138 Å². The van der Waals surface area contributed by atoms with E-state index in [1.54, 1.807) is 10.6 Å². The summed E-state index contributed by atoms with van der Waals surface area (Å²) in [5.41, 5.74) is 0.653. The van der Waals surface area contributed by atoms with E-state index >= 15 is 0 Å². The van der Waals surface area contributed by atoms with E-state index in [-0.39, 0.29) is 5.60 Å². The second kappa shape index (κ2) is 4.82. The fourth-order valence-corrected chi connectivity index (χ4v) is 4.24. The molecule has 6 heterocycles. The zero-order valence-electron chi connectivity index (χ0n) is 12.6. The average molecular weight is 333 g/mol. The number of ether oxygens (including phenoxy) is 1. The Morgan fingerprint density at radius 2 is 2.17 bits per heavy atom. The summed E-state index contributed by atoms with van der Waals surface area (Å²) in [6, 6.07) is 4.23. The van der Waals surface area contributed by atoms with Crippen LogP contribution in [0.5, 0.6) is 0 Å². The van der Waals surface area contributed by atoms with Crippen LogP contribution < -0.4 is 5.32 Å². The van der Waals surface area contributed by atoms with Crippen molar-refractivity contribution in [3.05, 3.63) is 23.6 Å². The number of rotatable bonds is 1. The summed E-state index contributed by atoms with van der Waals surface area (Å²) in [6.07, 6.45) is 3.88. The number of anilines is 1. The van der Waals surface area contributed by atoms with Crippen molar-refractivity contribution in [1.82, 2.24) is 19.5 Å². The van der Waals surface area contributed by atoms with Gasteiger partial charge in [-0.25, -0.2) is 14.5 Å². The van der Waals surface area contributed by atoms with Crippen LogP contribution in [0, 0.1) is 5.92 Å². The van der Waals surface area contributed by atoms with E-state index in [9.17, 15) is 0 Å². The molecule has 1 spiro atoms. The topological polar surface area (TPSA) is 67.0 Å². The van der Waals surface area contributed by atoms with Crippen molar-refractivity contribution in [3.63, 3.8) is 0 Å². The predicted octanol–water partition coefficient (Wildman–Crippen LogP) is 1.65. The number of aliphatic imine (C=N–C) groups is 1. The summed E-state index contributed by atoms with van der Waals surface area (Å²) < 4.78 is 7.91. The van der Waals surface area contributed by atoms with Crippen LogP contribution in [0.4, 0.5) is 5.82 Å². The summed E-state index contributed by atoms with van der Waals surface area (Å²) in [6.45, 7) is 4.07. The first kappa shape index (κ1) is 13.6. The highest BCUT2D eigenvalue weighted by atomic mass is 35.5. The monoisotopic (exact) mass is 332 g/mol. The summed E-state index contributed by atoms with van der Waals surface area (Å²) in [5, 5.41) is 7.89. The summed E-state index contributed by atoms with van der Waals surface area (Å²) in [4.78, 5) is 11.4. The molecule has 4 aliphatic rings. The van der Waals surface area contributed by atoms with E-state index in [1.165, 1.54) is 32.3 Å². The highest BCUT2D eigenvalue weighted by Gasteiger charge is 2.51. The zero-order chi connectivity index (χ0) is 15.4. The second-order valence-electron chi connectivity index (χ2n) is 6.53. The third kappa shape index (κ3) is 2.03. The number of hydrogen-bond donors (Lipinski definition) is 1. The molecule has 3 saturated heterocycles. The van der Waals surface area contributed by atoms with E-state index < -0.39 is 0 Å². The van der Waals surface area contributed by atoms with Gasteiger partial charge in [-0.1, -0.05) is 11.6 Å². The van der Waals surface area contributed by atoms with Crippen molar-refractivity contribution in [2.45, 2.75) is 18.4 Å². The maximum Gasteiger partial charge on any atom is 0.291 e. The van der Waals surface area contributed by atoms with Gasteiger partial charge in [0.1, 0.15) is 22.6 Å². The first-order valence-corrected chi connectivity index (χ1v) is 8.32. The lowest BCUT2D eigenvalue weighted by molar-refractivity contribution is -0.0829. The Hall–Kier alpha value is -1.86. The van der Waals surface area contributed by atoms with Crippen LogP contribution in [0.1, 0.15) is 12.8 Å². The van der Waals surface area contributed by atoms with Crippen LogP contribution in [0.2, 0.25) is 5.15 Å². The van der Waals surface area contributed by atoms with Gasteiger partial charge in [-0.15, -0.1) is 0 Å². The van der Waals surface area contributed by atoms with Gasteiger partial charge in [0.15, 0.2) is 5.82 Å². The first-order chi connectivity index (χ1) is 11.2. The molecule has 8 heteroatoms. The van der Waals surface area contributed by atoms with E-state index in [0.717, 1.165) is 18.6 Å². The van der Waals surface area contributed by atoms with Gasteiger partial charge in [0, 0.05) is 12.5 Å². The lowest BCUT2D eigenvalue weighted by atomic mass is 9.75. The van der Waals surface area contributed by atoms with E-state index in [0.29, 0.717) is 22.9 Å². The van der Waals surface area contributed by atoms with E-state index in [2.05, 4.69) is 25.3 Å². The van der Waals surface area contributed by atoms with Crippen LogP contribution in [0.3, 0.4) is 0 Å². The van der Waals surface area contributed by atoms with Gasteiger partial charge >= 0.3 is 0 Å². The molecule has 2 aromatic heterocycles. The lowest BCUT2D eigenvalue weighted by Crippen LogP contribution is -2.61. The molecule has 0 aliphatic carbocycles. The van der Waals surface area contributed by atoms with Crippen molar-refractivity contribution < 1.29 is 4.74 Å². The molecule has 3 fully saturated rings. The second-order valence-corrected chi connectivity index (χ2v) is 6.91. The van der Waals surface area contributed by atoms with Gasteiger partial charge in [-0.3, -0.25) is 10.2 Å². The summed E-state index contributed by atoms with van der Waals surface area (Å²) in [5.74, 6) is 1.26. The van der Waals surface area contributed by atoms with Crippen molar-refractivity contribution in [2.24, 2.45) is 10.9 Å². The lowest BCUT2D eigenvalue weighted by Gasteiger charge is -2.50. The highest BCUT2D eigenvalue weighted by molar-refractivity contribution is 6.30. The Balaban J connectivity index is 1.39. The molecule has 0 radical (unpaired) electrons. The molecule has 120 valence electrons. The molecule has 0 aromatic carbocycles. The third-order valence-electron chi connectivity index (χ3n) is 5.24. The van der Waals surface area contributed by atoms with Crippen LogP contribution in [-0.4, -0.2) is 57.3 Å². The molecule has 2 bridgehead atoms. The quantitative estimate of drug-likeness (QED) is 0.860. The Morgan fingerprint density at radius 3 is 2.96 bits per heavy atom. The standard InChI is InChI=1S/C15H17ClN6O/c16-12-2-1-11-13(18-9-19-22(11)12)20-14-17-7-15(23-14)8-21-5-3-10(15)4-6-21/h1-2,9-10H,3-8H2,(H,17,18,19,20)/t15-/m0/s1. The molecular formula is C15H17ClN6O. The molecule has 6 rings (SSSR count). The summed E-state index contributed by atoms with van der Waals surface area (Å²) >= 11 is 6.10. The minimum atomic E-state index is -0.151. The molecule has 4 aliphatic heterocycles. The first-order valence-electron chi connectivity index (χ1n) is 7.95. The number of halogens is 1. The van der Waals surface area contributed by atoms with Crippen molar-refractivity contribution in [3.8, 4) is 0 Å². The fourth-order valence-electron chi connectivity index (χ4n) is 4.05. The van der Waals surface area contributed by atoms with Crippen molar-refractivity contribution >= 4 is 29.0 Å². The molecule has 0 amide bonds. The molecule has 7 nitrogen and oxygen atoms in total. The van der Waals surface area contributed by atoms with Crippen LogP contribution in [-0.2, 0) is 4.74 Å². The molecule has 1 N–H and O–H groups in total. The normalized spacial score (nSPS) is 32.3. The number of nitrogens with zero attached hydrogens (tertiary/aromatic N) is 5. The van der Waals surface area contributed by atoms with Crippen LogP contribution in [0.25, 0.3) is 5.52 Å². The number of aromatic nitrogens is 3. The Kier molecular flexibility index (Phi) is 2.84. The molecule has 2 aromatic rings. The minimum Gasteiger partial charge on any atom is -0.455 e. The van der Waals surface area contributed by atoms with Gasteiger partial charge in [-0.05, 0) is 38.1 Å². The number of nitrogens with one attached hydrogen (secondary N) is 1. The summed E-state index contributed by atoms with van der Waals surface area (Å²) in [7, 11) is 0. The van der Waals surface area contributed by atoms with E-state index in [4.69, 9.17) is 16.3 Å². The molecule has 0 unspecified atom stereocenters. The Bertz CT molecular complexity index is 796. The third-order valence-corrected chi connectivity index (χ3v) is 5.53. The predicted molar refractivity (Wildman–Crippen MR) is 86.9 cm³/mol. The average Bonchev–Trinajstić information content (AvgIpc) is 3.14. The molecule has 23 heavy (non-hydrogen) atoms. The number of fused-ring (bicyclic) bond motifs is 3. The molecule has 1 atom stereocenters. The van der Waals surface area contributed by atoms with Gasteiger partial charge in [0.05, 0.1) is 6.54 Å². The molecular weight excluding hydrogens is 316 g/mol. The van der Waals surface area contributed by atoms with Crippen LogP contribution >= 0.6 is 11.6 Å². The molecule has 0 saturated carbocycles. The van der Waals surface area contributed by atoms with Crippen molar-refractivity contribution in [2.75, 3.05) is 31.5 Å². The SMILES string of the molecule is Clc1ccc2c(NC3=NC[C@@]4(CN5CCC4CC5)O3)ncnn12. The number of hydrogen-bond acceptors (Lipinski definition) is 6. The zero-order valence-corrected chi connectivity index (χ0v) is 13.3. The van der Waals surface area contributed by atoms with Crippen LogP contribution in [0.15, 0.2) is 23.5 Å². The highest BCUT2D eigenvalue weighted by Crippen LogP contribution is 2.40. The number of piperidine rings is 3. The van der Waals surface area contributed by atoms with E-state index in [1.807, 2.05) is 6.07 Å². The maximum absolute atomic E-state index is 6.28. The van der Waals surface area contributed by atoms with Gasteiger partial charge in [0.2, 0.25) is 0 Å². The van der Waals surface area contributed by atoms with Gasteiger partial charge in [-0.2, -0.15) is 5.10 Å². The largest absolute Gasteiger partial charge is 0.455 e.